The first-order valence-electron chi connectivity index (χ1n) is 6.47. The third-order valence-corrected chi connectivity index (χ3v) is 3.42. The number of hydrogen-bond acceptors (Lipinski definition) is 3. The van der Waals surface area contributed by atoms with E-state index in [0.717, 1.165) is 17.1 Å². The van der Waals surface area contributed by atoms with Crippen LogP contribution in [0.25, 0.3) is 5.69 Å². The van der Waals surface area contributed by atoms with Crippen LogP contribution in [0, 0.1) is 0 Å². The molecule has 106 valence electrons. The molecule has 1 aromatic heterocycles. The standard InChI is InChI=1S/C16H14ClN3O/c1-21-13-7-8-14(17)15(11-13)19-16-18-9-10-20(16)12-5-3-2-4-6-12/h2-11H,1H3,(H,18,19). The molecular formula is C16H14ClN3O. The number of halogens is 1. The van der Waals surface area contributed by atoms with Crippen molar-refractivity contribution >= 4 is 23.2 Å². The summed E-state index contributed by atoms with van der Waals surface area (Å²) < 4.78 is 7.17. The molecule has 0 saturated carbocycles. The maximum atomic E-state index is 6.21. The van der Waals surface area contributed by atoms with E-state index in [0.29, 0.717) is 11.0 Å². The van der Waals surface area contributed by atoms with Gasteiger partial charge >= 0.3 is 0 Å². The van der Waals surface area contributed by atoms with Gasteiger partial charge in [0.25, 0.3) is 0 Å². The number of nitrogens with zero attached hydrogens (tertiary/aromatic N) is 2. The van der Waals surface area contributed by atoms with Gasteiger partial charge in [-0.3, -0.25) is 4.57 Å². The second-order valence-electron chi connectivity index (χ2n) is 4.43. The summed E-state index contributed by atoms with van der Waals surface area (Å²) in [4.78, 5) is 4.34. The molecule has 0 atom stereocenters. The van der Waals surface area contributed by atoms with Crippen molar-refractivity contribution in [2.24, 2.45) is 0 Å². The molecule has 1 N–H and O–H groups in total. The second-order valence-corrected chi connectivity index (χ2v) is 4.83. The monoisotopic (exact) mass is 299 g/mol. The molecule has 0 radical (unpaired) electrons. The van der Waals surface area contributed by atoms with Crippen LogP contribution in [0.3, 0.4) is 0 Å². The highest BCUT2D eigenvalue weighted by molar-refractivity contribution is 6.33. The average Bonchev–Trinajstić information content (AvgIpc) is 2.98. The van der Waals surface area contributed by atoms with E-state index in [1.54, 1.807) is 19.4 Å². The molecule has 0 fully saturated rings. The highest BCUT2D eigenvalue weighted by Crippen LogP contribution is 2.29. The van der Waals surface area contributed by atoms with Gasteiger partial charge in [-0.05, 0) is 24.3 Å². The Bertz CT molecular complexity index is 740. The van der Waals surface area contributed by atoms with Crippen molar-refractivity contribution in [1.29, 1.82) is 0 Å². The largest absolute Gasteiger partial charge is 0.497 e. The Morgan fingerprint density at radius 3 is 2.71 bits per heavy atom. The van der Waals surface area contributed by atoms with Crippen molar-refractivity contribution in [3.63, 3.8) is 0 Å². The zero-order valence-electron chi connectivity index (χ0n) is 11.5. The van der Waals surface area contributed by atoms with Crippen molar-refractivity contribution < 1.29 is 4.74 Å². The van der Waals surface area contributed by atoms with Crippen molar-refractivity contribution in [2.75, 3.05) is 12.4 Å². The molecule has 3 aromatic rings. The number of anilines is 2. The third kappa shape index (κ3) is 2.85. The summed E-state index contributed by atoms with van der Waals surface area (Å²) in [6, 6.07) is 15.4. The maximum absolute atomic E-state index is 6.21. The van der Waals surface area contributed by atoms with Crippen LogP contribution in [0.5, 0.6) is 5.75 Å². The molecule has 0 aliphatic rings. The second kappa shape index (κ2) is 5.89. The zero-order chi connectivity index (χ0) is 14.7. The molecule has 0 spiro atoms. The Morgan fingerprint density at radius 1 is 1.14 bits per heavy atom. The number of methoxy groups -OCH3 is 1. The van der Waals surface area contributed by atoms with Crippen LogP contribution in [0.1, 0.15) is 0 Å². The molecule has 0 aliphatic heterocycles. The summed E-state index contributed by atoms with van der Waals surface area (Å²) in [5, 5.41) is 3.84. The molecule has 0 aliphatic carbocycles. The van der Waals surface area contributed by atoms with Gasteiger partial charge in [-0.15, -0.1) is 0 Å². The Balaban J connectivity index is 1.95. The van der Waals surface area contributed by atoms with Gasteiger partial charge in [0.05, 0.1) is 17.8 Å². The number of aromatic nitrogens is 2. The van der Waals surface area contributed by atoms with Gasteiger partial charge in [-0.25, -0.2) is 4.98 Å². The Hall–Kier alpha value is -2.46. The lowest BCUT2D eigenvalue weighted by Crippen LogP contribution is -2.01. The summed E-state index contributed by atoms with van der Waals surface area (Å²) in [5.41, 5.74) is 1.77. The lowest BCUT2D eigenvalue weighted by atomic mass is 10.3. The van der Waals surface area contributed by atoms with Crippen LogP contribution in [-0.2, 0) is 0 Å². The number of imidazole rings is 1. The molecular weight excluding hydrogens is 286 g/mol. The Labute approximate surface area is 128 Å². The molecule has 0 bridgehead atoms. The molecule has 0 saturated heterocycles. The lowest BCUT2D eigenvalue weighted by molar-refractivity contribution is 0.415. The van der Waals surface area contributed by atoms with Gasteiger partial charge in [0, 0.05) is 24.1 Å². The first-order valence-corrected chi connectivity index (χ1v) is 6.85. The topological polar surface area (TPSA) is 39.1 Å². The van der Waals surface area contributed by atoms with Crippen LogP contribution in [0.2, 0.25) is 5.02 Å². The summed E-state index contributed by atoms with van der Waals surface area (Å²) in [5.74, 6) is 1.43. The van der Waals surface area contributed by atoms with E-state index < -0.39 is 0 Å². The molecule has 21 heavy (non-hydrogen) atoms. The summed E-state index contributed by atoms with van der Waals surface area (Å²) >= 11 is 6.21. The van der Waals surface area contributed by atoms with Gasteiger partial charge in [-0.1, -0.05) is 29.8 Å². The molecule has 2 aromatic carbocycles. The fourth-order valence-electron chi connectivity index (χ4n) is 2.04. The van der Waals surface area contributed by atoms with E-state index in [1.165, 1.54) is 0 Å². The number of benzene rings is 2. The number of ether oxygens (including phenoxy) is 1. The predicted octanol–water partition coefficient (Wildman–Crippen LogP) is 4.28. The van der Waals surface area contributed by atoms with E-state index in [1.807, 2.05) is 53.2 Å². The number of rotatable bonds is 4. The third-order valence-electron chi connectivity index (χ3n) is 3.10. The van der Waals surface area contributed by atoms with Gasteiger partial charge in [0.15, 0.2) is 0 Å². The van der Waals surface area contributed by atoms with Crippen LogP contribution >= 0.6 is 11.6 Å². The SMILES string of the molecule is COc1ccc(Cl)c(Nc2nccn2-c2ccccc2)c1. The minimum absolute atomic E-state index is 0.610. The van der Waals surface area contributed by atoms with Gasteiger partial charge in [0.2, 0.25) is 5.95 Å². The van der Waals surface area contributed by atoms with Crippen LogP contribution < -0.4 is 10.1 Å². The molecule has 0 amide bonds. The van der Waals surface area contributed by atoms with Crippen LogP contribution in [-0.4, -0.2) is 16.7 Å². The Morgan fingerprint density at radius 2 is 1.95 bits per heavy atom. The molecule has 4 nitrogen and oxygen atoms in total. The fraction of sp³-hybridized carbons (Fsp3) is 0.0625. The molecule has 3 rings (SSSR count). The van der Waals surface area contributed by atoms with Crippen molar-refractivity contribution in [1.82, 2.24) is 9.55 Å². The highest BCUT2D eigenvalue weighted by Gasteiger charge is 2.08. The minimum atomic E-state index is 0.610. The van der Waals surface area contributed by atoms with Gasteiger partial charge < -0.3 is 10.1 Å². The zero-order valence-corrected chi connectivity index (χ0v) is 12.2. The van der Waals surface area contributed by atoms with E-state index in [9.17, 15) is 0 Å². The fourth-order valence-corrected chi connectivity index (χ4v) is 2.21. The maximum Gasteiger partial charge on any atom is 0.212 e. The first-order chi connectivity index (χ1) is 10.3. The number of hydrogen-bond donors (Lipinski definition) is 1. The number of para-hydroxylation sites is 1. The molecule has 1 heterocycles. The Kier molecular flexibility index (Phi) is 3.79. The summed E-state index contributed by atoms with van der Waals surface area (Å²) in [6.07, 6.45) is 3.63. The summed E-state index contributed by atoms with van der Waals surface area (Å²) in [6.45, 7) is 0. The van der Waals surface area contributed by atoms with E-state index in [2.05, 4.69) is 10.3 Å². The van der Waals surface area contributed by atoms with E-state index in [-0.39, 0.29) is 0 Å². The van der Waals surface area contributed by atoms with Crippen LogP contribution in [0.4, 0.5) is 11.6 Å². The molecule has 5 heteroatoms. The van der Waals surface area contributed by atoms with Crippen LogP contribution in [0.15, 0.2) is 60.9 Å². The normalized spacial score (nSPS) is 10.4. The van der Waals surface area contributed by atoms with Crippen molar-refractivity contribution in [2.45, 2.75) is 0 Å². The van der Waals surface area contributed by atoms with Crippen molar-refractivity contribution in [3.05, 3.63) is 65.9 Å². The van der Waals surface area contributed by atoms with E-state index in [4.69, 9.17) is 16.3 Å². The minimum Gasteiger partial charge on any atom is -0.497 e. The lowest BCUT2D eigenvalue weighted by Gasteiger charge is -2.12. The predicted molar refractivity (Wildman–Crippen MR) is 84.9 cm³/mol. The van der Waals surface area contributed by atoms with Crippen molar-refractivity contribution in [3.8, 4) is 11.4 Å². The smallest absolute Gasteiger partial charge is 0.212 e. The summed E-state index contributed by atoms with van der Waals surface area (Å²) in [7, 11) is 1.62. The highest BCUT2D eigenvalue weighted by atomic mass is 35.5. The molecule has 0 unspecified atom stereocenters. The first kappa shape index (κ1) is 13.5. The quantitative estimate of drug-likeness (QED) is 0.781. The average molecular weight is 300 g/mol. The van der Waals surface area contributed by atoms with Gasteiger partial charge in [-0.2, -0.15) is 0 Å². The van der Waals surface area contributed by atoms with E-state index >= 15 is 0 Å². The van der Waals surface area contributed by atoms with Gasteiger partial charge in [0.1, 0.15) is 5.75 Å². The number of nitrogens with one attached hydrogen (secondary N) is 1.